The molecule has 2 heterocycles. The van der Waals surface area contributed by atoms with Crippen LogP contribution in [0.25, 0.3) is 0 Å². The molecule has 0 radical (unpaired) electrons. The van der Waals surface area contributed by atoms with Gasteiger partial charge in [0, 0.05) is 13.1 Å². The molecular formula is C16H26N2O. The van der Waals surface area contributed by atoms with Gasteiger partial charge in [0.2, 0.25) is 0 Å². The number of aliphatic hydroxyl groups is 1. The molecule has 1 N–H and O–H groups in total. The van der Waals surface area contributed by atoms with Gasteiger partial charge in [0.1, 0.15) is 0 Å². The first-order valence-electron chi connectivity index (χ1n) is 7.27. The number of aliphatic hydroxyl groups excluding tert-OH is 1. The van der Waals surface area contributed by atoms with Crippen LogP contribution in [-0.4, -0.2) is 23.2 Å². The van der Waals surface area contributed by atoms with Gasteiger partial charge in [-0.25, -0.2) is 0 Å². The Labute approximate surface area is 116 Å². The van der Waals surface area contributed by atoms with Crippen LogP contribution in [0.2, 0.25) is 0 Å². The standard InChI is InChI=1S/C16H26N2O/c1-12(19)15-6-5-14(11-17-15)18-9-7-13(8-10-18)16(2,3)4/h5-6,11-13,19H,7-10H2,1-4H3/t12-/m1/s1. The van der Waals surface area contributed by atoms with Crippen LogP contribution in [0.3, 0.4) is 0 Å². The monoisotopic (exact) mass is 262 g/mol. The molecule has 0 unspecified atom stereocenters. The molecule has 0 spiro atoms. The molecule has 1 aliphatic heterocycles. The van der Waals surface area contributed by atoms with E-state index in [0.717, 1.165) is 24.7 Å². The van der Waals surface area contributed by atoms with Crippen molar-refractivity contribution in [3.63, 3.8) is 0 Å². The Bertz CT molecular complexity index is 398. The third-order valence-electron chi connectivity index (χ3n) is 4.28. The molecule has 0 aliphatic carbocycles. The van der Waals surface area contributed by atoms with Gasteiger partial charge in [-0.1, -0.05) is 20.8 Å². The average Bonchev–Trinajstić information content (AvgIpc) is 2.38. The van der Waals surface area contributed by atoms with Gasteiger partial charge in [0.25, 0.3) is 0 Å². The van der Waals surface area contributed by atoms with E-state index in [2.05, 4.69) is 36.7 Å². The first kappa shape index (κ1) is 14.3. The number of aromatic nitrogens is 1. The first-order valence-corrected chi connectivity index (χ1v) is 7.27. The average molecular weight is 262 g/mol. The molecular weight excluding hydrogens is 236 g/mol. The molecule has 1 aliphatic rings. The Morgan fingerprint density at radius 2 is 1.89 bits per heavy atom. The molecule has 0 amide bonds. The summed E-state index contributed by atoms with van der Waals surface area (Å²) in [7, 11) is 0. The smallest absolute Gasteiger partial charge is 0.0931 e. The van der Waals surface area contributed by atoms with Gasteiger partial charge in [-0.3, -0.25) is 4.98 Å². The third-order valence-corrected chi connectivity index (χ3v) is 4.28. The van der Waals surface area contributed by atoms with E-state index in [1.165, 1.54) is 18.5 Å². The lowest BCUT2D eigenvalue weighted by molar-refractivity contribution is 0.194. The highest BCUT2D eigenvalue weighted by Gasteiger charge is 2.28. The van der Waals surface area contributed by atoms with Crippen molar-refractivity contribution in [1.82, 2.24) is 4.98 Å². The van der Waals surface area contributed by atoms with Gasteiger partial charge in [0.05, 0.1) is 23.7 Å². The Hall–Kier alpha value is -1.09. The summed E-state index contributed by atoms with van der Waals surface area (Å²) < 4.78 is 0. The molecule has 0 aromatic carbocycles. The van der Waals surface area contributed by atoms with Gasteiger partial charge in [-0.15, -0.1) is 0 Å². The molecule has 19 heavy (non-hydrogen) atoms. The number of piperidine rings is 1. The second kappa shape index (κ2) is 5.49. The summed E-state index contributed by atoms with van der Waals surface area (Å²) in [6, 6.07) is 4.00. The van der Waals surface area contributed by atoms with Crippen molar-refractivity contribution in [2.45, 2.75) is 46.6 Å². The van der Waals surface area contributed by atoms with E-state index >= 15 is 0 Å². The summed E-state index contributed by atoms with van der Waals surface area (Å²) in [5, 5.41) is 9.47. The van der Waals surface area contributed by atoms with Crippen LogP contribution in [0.5, 0.6) is 0 Å². The SMILES string of the molecule is C[C@@H](O)c1ccc(N2CCC(C(C)(C)C)CC2)cn1. The number of hydrogen-bond donors (Lipinski definition) is 1. The van der Waals surface area contributed by atoms with E-state index in [0.29, 0.717) is 5.41 Å². The van der Waals surface area contributed by atoms with Crippen LogP contribution in [-0.2, 0) is 0 Å². The molecule has 2 rings (SSSR count). The van der Waals surface area contributed by atoms with E-state index in [4.69, 9.17) is 0 Å². The summed E-state index contributed by atoms with van der Waals surface area (Å²) in [5.74, 6) is 0.813. The van der Waals surface area contributed by atoms with Crippen molar-refractivity contribution in [1.29, 1.82) is 0 Å². The lowest BCUT2D eigenvalue weighted by Crippen LogP contribution is -2.38. The zero-order valence-corrected chi connectivity index (χ0v) is 12.6. The lowest BCUT2D eigenvalue weighted by atomic mass is 9.75. The van der Waals surface area contributed by atoms with Crippen LogP contribution in [0, 0.1) is 11.3 Å². The van der Waals surface area contributed by atoms with E-state index in [9.17, 15) is 5.11 Å². The molecule has 3 heteroatoms. The van der Waals surface area contributed by atoms with Crippen molar-refractivity contribution in [2.24, 2.45) is 11.3 Å². The Morgan fingerprint density at radius 3 is 2.32 bits per heavy atom. The minimum absolute atomic E-state index is 0.417. The Morgan fingerprint density at radius 1 is 1.26 bits per heavy atom. The zero-order chi connectivity index (χ0) is 14.0. The highest BCUT2D eigenvalue weighted by Crippen LogP contribution is 2.35. The predicted molar refractivity (Wildman–Crippen MR) is 79.3 cm³/mol. The van der Waals surface area contributed by atoms with Crippen molar-refractivity contribution >= 4 is 5.69 Å². The van der Waals surface area contributed by atoms with Crippen molar-refractivity contribution in [3.05, 3.63) is 24.0 Å². The van der Waals surface area contributed by atoms with Crippen molar-refractivity contribution in [3.8, 4) is 0 Å². The van der Waals surface area contributed by atoms with E-state index in [-0.39, 0.29) is 0 Å². The van der Waals surface area contributed by atoms with E-state index in [1.54, 1.807) is 6.92 Å². The fraction of sp³-hybridized carbons (Fsp3) is 0.688. The second-order valence-electron chi connectivity index (χ2n) is 6.74. The van der Waals surface area contributed by atoms with E-state index < -0.39 is 6.10 Å². The normalized spacial score (nSPS) is 19.5. The zero-order valence-electron chi connectivity index (χ0n) is 12.6. The summed E-state index contributed by atoms with van der Waals surface area (Å²) in [4.78, 5) is 6.73. The Kier molecular flexibility index (Phi) is 4.14. The fourth-order valence-corrected chi connectivity index (χ4v) is 2.84. The first-order chi connectivity index (χ1) is 8.88. The molecule has 3 nitrogen and oxygen atoms in total. The predicted octanol–water partition coefficient (Wildman–Crippen LogP) is 3.40. The molecule has 106 valence electrons. The van der Waals surface area contributed by atoms with Crippen LogP contribution < -0.4 is 4.90 Å². The number of hydrogen-bond acceptors (Lipinski definition) is 3. The van der Waals surface area contributed by atoms with Crippen LogP contribution in [0.4, 0.5) is 5.69 Å². The highest BCUT2D eigenvalue weighted by molar-refractivity contribution is 5.45. The summed E-state index contributed by atoms with van der Waals surface area (Å²) in [6.07, 6.45) is 3.91. The number of nitrogens with zero attached hydrogens (tertiary/aromatic N) is 2. The molecule has 1 aromatic heterocycles. The van der Waals surface area contributed by atoms with Crippen LogP contribution in [0.1, 0.15) is 52.3 Å². The maximum absolute atomic E-state index is 9.47. The maximum Gasteiger partial charge on any atom is 0.0931 e. The van der Waals surface area contributed by atoms with Gasteiger partial charge >= 0.3 is 0 Å². The minimum atomic E-state index is -0.485. The third kappa shape index (κ3) is 3.47. The Balaban J connectivity index is 1.98. The molecule has 1 fully saturated rings. The fourth-order valence-electron chi connectivity index (χ4n) is 2.84. The van der Waals surface area contributed by atoms with Gasteiger partial charge in [-0.2, -0.15) is 0 Å². The van der Waals surface area contributed by atoms with Crippen molar-refractivity contribution in [2.75, 3.05) is 18.0 Å². The van der Waals surface area contributed by atoms with E-state index in [1.807, 2.05) is 12.3 Å². The summed E-state index contributed by atoms with van der Waals surface area (Å²) in [6.45, 7) is 11.0. The number of rotatable bonds is 2. The second-order valence-corrected chi connectivity index (χ2v) is 6.74. The van der Waals surface area contributed by atoms with Crippen LogP contribution >= 0.6 is 0 Å². The van der Waals surface area contributed by atoms with Gasteiger partial charge in [-0.05, 0) is 43.2 Å². The molecule has 0 bridgehead atoms. The molecule has 1 aromatic rings. The summed E-state index contributed by atoms with van der Waals surface area (Å²) >= 11 is 0. The van der Waals surface area contributed by atoms with Gasteiger partial charge < -0.3 is 10.0 Å². The quantitative estimate of drug-likeness (QED) is 0.887. The largest absolute Gasteiger partial charge is 0.387 e. The number of anilines is 1. The molecule has 1 saturated heterocycles. The van der Waals surface area contributed by atoms with Crippen LogP contribution in [0.15, 0.2) is 18.3 Å². The van der Waals surface area contributed by atoms with Gasteiger partial charge in [0.15, 0.2) is 0 Å². The number of pyridine rings is 1. The summed E-state index contributed by atoms with van der Waals surface area (Å²) in [5.41, 5.74) is 2.34. The minimum Gasteiger partial charge on any atom is -0.387 e. The maximum atomic E-state index is 9.47. The lowest BCUT2D eigenvalue weighted by Gasteiger charge is -2.39. The molecule has 1 atom stereocenters. The topological polar surface area (TPSA) is 36.4 Å². The highest BCUT2D eigenvalue weighted by atomic mass is 16.3. The van der Waals surface area contributed by atoms with Crippen molar-refractivity contribution < 1.29 is 5.11 Å². The molecule has 0 saturated carbocycles.